The molecule has 2 fully saturated rings. The third kappa shape index (κ3) is 3.46. The number of nitrogens with zero attached hydrogens (tertiary/aromatic N) is 2. The third-order valence-electron chi connectivity index (χ3n) is 4.62. The number of piperidine rings is 1. The minimum absolute atomic E-state index is 0.596. The van der Waals surface area contributed by atoms with Gasteiger partial charge in [0.25, 0.3) is 0 Å². The first-order chi connectivity index (χ1) is 8.58. The van der Waals surface area contributed by atoms with E-state index in [1.807, 2.05) is 0 Å². The monoisotopic (exact) mass is 253 g/mol. The second kappa shape index (κ2) is 6.36. The maximum Gasteiger partial charge on any atom is 0.0224 e. The number of hydrogen-bond acceptors (Lipinski definition) is 3. The lowest BCUT2D eigenvalue weighted by Gasteiger charge is -2.49. The fourth-order valence-electron chi connectivity index (χ4n) is 3.51. The molecular weight excluding hydrogens is 222 g/mol. The highest BCUT2D eigenvalue weighted by Gasteiger charge is 2.34. The van der Waals surface area contributed by atoms with Gasteiger partial charge in [-0.05, 0) is 33.2 Å². The maximum absolute atomic E-state index is 3.58. The van der Waals surface area contributed by atoms with Crippen LogP contribution in [0.3, 0.4) is 0 Å². The first-order valence-corrected chi connectivity index (χ1v) is 7.81. The third-order valence-corrected chi connectivity index (χ3v) is 4.62. The van der Waals surface area contributed by atoms with Crippen molar-refractivity contribution in [3.8, 4) is 0 Å². The molecule has 0 spiro atoms. The fraction of sp³-hybridized carbons (Fsp3) is 1.00. The van der Waals surface area contributed by atoms with E-state index in [0.29, 0.717) is 18.1 Å². The molecule has 2 rings (SSSR count). The summed E-state index contributed by atoms with van der Waals surface area (Å²) in [6, 6.07) is 2.80. The summed E-state index contributed by atoms with van der Waals surface area (Å²) in [5, 5.41) is 3.58. The Morgan fingerprint density at radius 2 is 1.94 bits per heavy atom. The van der Waals surface area contributed by atoms with E-state index in [0.717, 1.165) is 12.6 Å². The lowest BCUT2D eigenvalue weighted by Crippen LogP contribution is -2.61. The highest BCUT2D eigenvalue weighted by Crippen LogP contribution is 2.25. The minimum Gasteiger partial charge on any atom is -0.313 e. The molecule has 0 bridgehead atoms. The molecule has 2 heterocycles. The minimum atomic E-state index is 0.596. The summed E-state index contributed by atoms with van der Waals surface area (Å²) in [5.74, 6) is 0. The van der Waals surface area contributed by atoms with E-state index in [1.54, 1.807) is 0 Å². The van der Waals surface area contributed by atoms with Gasteiger partial charge < -0.3 is 5.32 Å². The van der Waals surface area contributed by atoms with Gasteiger partial charge >= 0.3 is 0 Å². The summed E-state index contributed by atoms with van der Waals surface area (Å²) in [6.45, 7) is 14.3. The van der Waals surface area contributed by atoms with Crippen LogP contribution in [0.2, 0.25) is 0 Å². The van der Waals surface area contributed by atoms with Gasteiger partial charge in [-0.15, -0.1) is 0 Å². The molecule has 0 aliphatic carbocycles. The van der Waals surface area contributed by atoms with Crippen molar-refractivity contribution in [3.05, 3.63) is 0 Å². The zero-order valence-corrected chi connectivity index (χ0v) is 12.7. The standard InChI is InChI=1S/C15H31N3/c1-12(2)16-9-13(3)18-11-15-7-5-6-8-17(15)10-14(18)4/h12-16H,5-11H2,1-4H3. The molecule has 0 aromatic heterocycles. The normalized spacial score (nSPS) is 32.5. The molecular formula is C15H31N3. The van der Waals surface area contributed by atoms with Gasteiger partial charge in [-0.3, -0.25) is 9.80 Å². The van der Waals surface area contributed by atoms with Crippen LogP contribution in [0.1, 0.15) is 47.0 Å². The molecule has 0 saturated carbocycles. The van der Waals surface area contributed by atoms with Crippen LogP contribution in [0.25, 0.3) is 0 Å². The molecule has 3 unspecified atom stereocenters. The second-order valence-electron chi connectivity index (χ2n) is 6.60. The Morgan fingerprint density at radius 3 is 2.67 bits per heavy atom. The number of rotatable bonds is 4. The summed E-state index contributed by atoms with van der Waals surface area (Å²) < 4.78 is 0. The van der Waals surface area contributed by atoms with Crippen LogP contribution < -0.4 is 5.32 Å². The lowest BCUT2D eigenvalue weighted by atomic mass is 9.96. The number of nitrogens with one attached hydrogen (secondary N) is 1. The van der Waals surface area contributed by atoms with Gasteiger partial charge in [0.2, 0.25) is 0 Å². The van der Waals surface area contributed by atoms with E-state index in [1.165, 1.54) is 38.9 Å². The predicted molar refractivity (Wildman–Crippen MR) is 78.0 cm³/mol. The maximum atomic E-state index is 3.58. The first-order valence-electron chi connectivity index (χ1n) is 7.81. The van der Waals surface area contributed by atoms with Crippen molar-refractivity contribution in [3.63, 3.8) is 0 Å². The Hall–Kier alpha value is -0.120. The van der Waals surface area contributed by atoms with Crippen LogP contribution in [0.5, 0.6) is 0 Å². The Balaban J connectivity index is 1.87. The Morgan fingerprint density at radius 1 is 1.17 bits per heavy atom. The average molecular weight is 253 g/mol. The molecule has 0 amide bonds. The van der Waals surface area contributed by atoms with Crippen LogP contribution in [0.15, 0.2) is 0 Å². The molecule has 0 aromatic carbocycles. The van der Waals surface area contributed by atoms with Gasteiger partial charge in [-0.2, -0.15) is 0 Å². The van der Waals surface area contributed by atoms with Gasteiger partial charge in [0, 0.05) is 43.8 Å². The van der Waals surface area contributed by atoms with E-state index in [4.69, 9.17) is 0 Å². The van der Waals surface area contributed by atoms with E-state index in [9.17, 15) is 0 Å². The van der Waals surface area contributed by atoms with Gasteiger partial charge in [-0.25, -0.2) is 0 Å². The van der Waals surface area contributed by atoms with E-state index in [2.05, 4.69) is 42.8 Å². The average Bonchev–Trinajstić information content (AvgIpc) is 2.35. The summed E-state index contributed by atoms with van der Waals surface area (Å²) in [4.78, 5) is 5.45. The summed E-state index contributed by atoms with van der Waals surface area (Å²) in [6.07, 6.45) is 4.25. The first kappa shape index (κ1) is 14.3. The predicted octanol–water partition coefficient (Wildman–Crippen LogP) is 1.93. The molecule has 2 aliphatic heterocycles. The van der Waals surface area contributed by atoms with E-state index in [-0.39, 0.29) is 0 Å². The van der Waals surface area contributed by atoms with Crippen LogP contribution >= 0.6 is 0 Å². The molecule has 1 N–H and O–H groups in total. The van der Waals surface area contributed by atoms with Crippen molar-refractivity contribution in [1.29, 1.82) is 0 Å². The Labute approximate surface area is 113 Å². The molecule has 3 atom stereocenters. The van der Waals surface area contributed by atoms with Crippen LogP contribution in [-0.4, -0.2) is 60.1 Å². The zero-order valence-electron chi connectivity index (χ0n) is 12.7. The van der Waals surface area contributed by atoms with Gasteiger partial charge in [0.1, 0.15) is 0 Å². The van der Waals surface area contributed by atoms with Gasteiger partial charge in [0.05, 0.1) is 0 Å². The van der Waals surface area contributed by atoms with Crippen LogP contribution in [0, 0.1) is 0 Å². The number of hydrogen-bond donors (Lipinski definition) is 1. The van der Waals surface area contributed by atoms with Crippen molar-refractivity contribution in [2.75, 3.05) is 26.2 Å². The lowest BCUT2D eigenvalue weighted by molar-refractivity contribution is -0.00402. The highest BCUT2D eigenvalue weighted by molar-refractivity contribution is 4.91. The van der Waals surface area contributed by atoms with Crippen LogP contribution in [-0.2, 0) is 0 Å². The fourth-order valence-corrected chi connectivity index (χ4v) is 3.51. The van der Waals surface area contributed by atoms with E-state index >= 15 is 0 Å². The largest absolute Gasteiger partial charge is 0.313 e. The van der Waals surface area contributed by atoms with Crippen molar-refractivity contribution < 1.29 is 0 Å². The summed E-state index contributed by atoms with van der Waals surface area (Å²) in [5.41, 5.74) is 0. The second-order valence-corrected chi connectivity index (χ2v) is 6.60. The van der Waals surface area contributed by atoms with Crippen molar-refractivity contribution in [2.45, 2.75) is 71.1 Å². The number of piperazine rings is 1. The molecule has 2 saturated heterocycles. The Bertz CT molecular complexity index is 254. The van der Waals surface area contributed by atoms with E-state index < -0.39 is 0 Å². The van der Waals surface area contributed by atoms with Crippen molar-refractivity contribution in [2.24, 2.45) is 0 Å². The van der Waals surface area contributed by atoms with Crippen molar-refractivity contribution >= 4 is 0 Å². The molecule has 18 heavy (non-hydrogen) atoms. The molecule has 2 aliphatic rings. The van der Waals surface area contributed by atoms with Crippen molar-refractivity contribution in [1.82, 2.24) is 15.1 Å². The molecule has 106 valence electrons. The molecule has 3 nitrogen and oxygen atoms in total. The van der Waals surface area contributed by atoms with Gasteiger partial charge in [0.15, 0.2) is 0 Å². The SMILES string of the molecule is CC(C)NCC(C)N1CC2CCCCN2CC1C. The zero-order chi connectivity index (χ0) is 13.1. The van der Waals surface area contributed by atoms with Crippen LogP contribution in [0.4, 0.5) is 0 Å². The molecule has 3 heteroatoms. The molecule has 0 aromatic rings. The summed E-state index contributed by atoms with van der Waals surface area (Å²) >= 11 is 0. The summed E-state index contributed by atoms with van der Waals surface area (Å²) in [7, 11) is 0. The Kier molecular flexibility index (Phi) is 5.05. The van der Waals surface area contributed by atoms with Gasteiger partial charge in [-0.1, -0.05) is 20.3 Å². The number of fused-ring (bicyclic) bond motifs is 1. The highest BCUT2D eigenvalue weighted by atomic mass is 15.3. The smallest absolute Gasteiger partial charge is 0.0224 e. The topological polar surface area (TPSA) is 18.5 Å². The quantitative estimate of drug-likeness (QED) is 0.826. The molecule has 0 radical (unpaired) electrons.